The third-order valence-electron chi connectivity index (χ3n) is 4.67. The lowest BCUT2D eigenvalue weighted by Gasteiger charge is -2.12. The molecule has 0 fully saturated rings. The molecule has 0 spiro atoms. The highest BCUT2D eigenvalue weighted by Crippen LogP contribution is 2.33. The molecule has 1 heterocycles. The van der Waals surface area contributed by atoms with E-state index in [1.165, 1.54) is 11.9 Å². The van der Waals surface area contributed by atoms with Gasteiger partial charge in [0.05, 0.1) is 28.2 Å². The first-order chi connectivity index (χ1) is 15.3. The van der Waals surface area contributed by atoms with Crippen molar-refractivity contribution in [2.75, 3.05) is 18.1 Å². The van der Waals surface area contributed by atoms with Gasteiger partial charge in [0.2, 0.25) is 0 Å². The Bertz CT molecular complexity index is 1240. The first-order valence-electron chi connectivity index (χ1n) is 9.63. The SMILES string of the molecule is CNCc1ccc(N)cc1.Cn1cnc2c(F)c(Nc3ccc(Br)cc3Cl)c(C=O)cc21. The third-order valence-corrected chi connectivity index (χ3v) is 5.48. The Hall–Kier alpha value is -2.94. The number of halogens is 3. The number of fused-ring (bicyclic) bond motifs is 1. The molecule has 1 aromatic heterocycles. The van der Waals surface area contributed by atoms with Crippen molar-refractivity contribution in [2.24, 2.45) is 7.05 Å². The maximum atomic E-state index is 14.7. The fraction of sp³-hybridized carbons (Fsp3) is 0.130. The fourth-order valence-corrected chi connectivity index (χ4v) is 3.75. The number of imidazole rings is 1. The van der Waals surface area contributed by atoms with E-state index in [1.54, 1.807) is 35.9 Å². The topological polar surface area (TPSA) is 85.0 Å². The molecule has 0 amide bonds. The minimum absolute atomic E-state index is 0.0606. The Morgan fingerprint density at radius 3 is 2.56 bits per heavy atom. The van der Waals surface area contributed by atoms with E-state index in [2.05, 4.69) is 31.5 Å². The van der Waals surface area contributed by atoms with Crippen LogP contribution < -0.4 is 16.4 Å². The summed E-state index contributed by atoms with van der Waals surface area (Å²) in [5.74, 6) is -0.584. The first-order valence-corrected chi connectivity index (χ1v) is 10.8. The van der Waals surface area contributed by atoms with E-state index in [0.29, 0.717) is 22.5 Å². The number of hydrogen-bond acceptors (Lipinski definition) is 5. The second-order valence-electron chi connectivity index (χ2n) is 7.02. The average molecular weight is 519 g/mol. The van der Waals surface area contributed by atoms with Gasteiger partial charge in [-0.3, -0.25) is 4.79 Å². The van der Waals surface area contributed by atoms with Gasteiger partial charge in [0.25, 0.3) is 0 Å². The Morgan fingerprint density at radius 1 is 1.22 bits per heavy atom. The number of aromatic nitrogens is 2. The minimum Gasteiger partial charge on any atom is -0.399 e. The van der Waals surface area contributed by atoms with Gasteiger partial charge in [0.1, 0.15) is 5.52 Å². The minimum atomic E-state index is -0.584. The van der Waals surface area contributed by atoms with Gasteiger partial charge in [0.15, 0.2) is 12.1 Å². The van der Waals surface area contributed by atoms with Gasteiger partial charge in [-0.2, -0.15) is 0 Å². The highest BCUT2D eigenvalue weighted by atomic mass is 79.9. The van der Waals surface area contributed by atoms with Crippen LogP contribution in [-0.4, -0.2) is 22.9 Å². The van der Waals surface area contributed by atoms with Crippen molar-refractivity contribution < 1.29 is 9.18 Å². The number of hydrogen-bond donors (Lipinski definition) is 3. The highest BCUT2D eigenvalue weighted by molar-refractivity contribution is 9.10. The quantitative estimate of drug-likeness (QED) is 0.234. The van der Waals surface area contributed by atoms with E-state index in [0.717, 1.165) is 16.7 Å². The molecule has 0 radical (unpaired) electrons. The van der Waals surface area contributed by atoms with Crippen LogP contribution in [0.5, 0.6) is 0 Å². The molecule has 166 valence electrons. The summed E-state index contributed by atoms with van der Waals surface area (Å²) in [6.07, 6.45) is 2.10. The highest BCUT2D eigenvalue weighted by Gasteiger charge is 2.17. The van der Waals surface area contributed by atoms with Crippen LogP contribution in [0.4, 0.5) is 21.5 Å². The number of aryl methyl sites for hydroxylation is 1. The van der Waals surface area contributed by atoms with Crippen molar-refractivity contribution >= 4 is 61.9 Å². The van der Waals surface area contributed by atoms with Crippen LogP contribution in [0.3, 0.4) is 0 Å². The summed E-state index contributed by atoms with van der Waals surface area (Å²) in [5, 5.41) is 6.35. The molecule has 0 aliphatic rings. The van der Waals surface area contributed by atoms with Crippen LogP contribution >= 0.6 is 27.5 Å². The van der Waals surface area contributed by atoms with Crippen LogP contribution in [0.1, 0.15) is 15.9 Å². The Labute approximate surface area is 198 Å². The lowest BCUT2D eigenvalue weighted by Crippen LogP contribution is -2.04. The van der Waals surface area contributed by atoms with Gasteiger partial charge in [-0.1, -0.05) is 39.7 Å². The number of rotatable bonds is 5. The summed E-state index contributed by atoms with van der Waals surface area (Å²) in [6, 6.07) is 14.6. The lowest BCUT2D eigenvalue weighted by atomic mass is 10.1. The van der Waals surface area contributed by atoms with Crippen LogP contribution in [-0.2, 0) is 13.6 Å². The van der Waals surface area contributed by atoms with Crippen molar-refractivity contribution in [2.45, 2.75) is 6.54 Å². The number of nitrogen functional groups attached to an aromatic ring is 1. The van der Waals surface area contributed by atoms with Crippen molar-refractivity contribution in [1.29, 1.82) is 0 Å². The molecule has 0 bridgehead atoms. The molecule has 4 N–H and O–H groups in total. The molecule has 0 atom stereocenters. The molecule has 4 aromatic rings. The van der Waals surface area contributed by atoms with Crippen molar-refractivity contribution in [3.63, 3.8) is 0 Å². The number of anilines is 3. The second-order valence-corrected chi connectivity index (χ2v) is 8.34. The van der Waals surface area contributed by atoms with Gasteiger partial charge in [-0.15, -0.1) is 0 Å². The maximum Gasteiger partial charge on any atom is 0.175 e. The molecular formula is C23H22BrClFN5O. The molecule has 9 heteroatoms. The normalized spacial score (nSPS) is 10.5. The summed E-state index contributed by atoms with van der Waals surface area (Å²) >= 11 is 9.43. The zero-order valence-corrected chi connectivity index (χ0v) is 19.8. The number of carbonyl (C=O) groups is 1. The third kappa shape index (κ3) is 5.45. The van der Waals surface area contributed by atoms with Crippen LogP contribution in [0.25, 0.3) is 11.0 Å². The summed E-state index contributed by atoms with van der Waals surface area (Å²) < 4.78 is 17.1. The van der Waals surface area contributed by atoms with E-state index in [9.17, 15) is 9.18 Å². The standard InChI is InChI=1S/C15H10BrClFN3O.C8H12N2/c1-21-7-19-15-12(21)4-8(6-22)14(13(15)18)20-11-3-2-9(16)5-10(11)17;1-10-6-7-2-4-8(9)5-3-7/h2-7,20H,1H3;2-5,10H,6,9H2,1H3. The Balaban J connectivity index is 0.000000243. The van der Waals surface area contributed by atoms with Crippen molar-refractivity contribution in [1.82, 2.24) is 14.9 Å². The summed E-state index contributed by atoms with van der Waals surface area (Å²) in [4.78, 5) is 15.3. The van der Waals surface area contributed by atoms with E-state index in [1.807, 2.05) is 31.3 Å². The molecule has 32 heavy (non-hydrogen) atoms. The van der Waals surface area contributed by atoms with Gasteiger partial charge in [0, 0.05) is 29.3 Å². The van der Waals surface area contributed by atoms with Crippen LogP contribution in [0, 0.1) is 5.82 Å². The number of aldehydes is 1. The zero-order valence-electron chi connectivity index (χ0n) is 17.5. The van der Waals surface area contributed by atoms with Gasteiger partial charge in [-0.25, -0.2) is 9.37 Å². The molecular weight excluding hydrogens is 497 g/mol. The smallest absolute Gasteiger partial charge is 0.175 e. The van der Waals surface area contributed by atoms with E-state index in [-0.39, 0.29) is 16.8 Å². The maximum absolute atomic E-state index is 14.7. The molecule has 6 nitrogen and oxygen atoms in total. The van der Waals surface area contributed by atoms with Gasteiger partial charge < -0.3 is 20.9 Å². The zero-order chi connectivity index (χ0) is 23.3. The molecule has 0 saturated heterocycles. The molecule has 0 unspecified atom stereocenters. The van der Waals surface area contributed by atoms with Crippen LogP contribution in [0.15, 0.2) is 59.3 Å². The molecule has 0 aliphatic carbocycles. The van der Waals surface area contributed by atoms with Gasteiger partial charge in [-0.05, 0) is 49.0 Å². The number of nitrogens with zero attached hydrogens (tertiary/aromatic N) is 2. The summed E-state index contributed by atoms with van der Waals surface area (Å²) in [5.41, 5.74) is 9.09. The van der Waals surface area contributed by atoms with Crippen molar-refractivity contribution in [3.05, 3.63) is 81.3 Å². The van der Waals surface area contributed by atoms with E-state index >= 15 is 0 Å². The molecule has 4 rings (SSSR count). The number of benzene rings is 3. The summed E-state index contributed by atoms with van der Waals surface area (Å²) in [7, 11) is 3.67. The monoisotopic (exact) mass is 517 g/mol. The predicted octanol–water partition coefficient (Wildman–Crippen LogP) is 5.67. The Kier molecular flexibility index (Phi) is 7.84. The number of nitrogens with one attached hydrogen (secondary N) is 2. The molecule has 0 aliphatic heterocycles. The second kappa shape index (κ2) is 10.6. The van der Waals surface area contributed by atoms with Crippen LogP contribution in [0.2, 0.25) is 5.02 Å². The van der Waals surface area contributed by atoms with Gasteiger partial charge >= 0.3 is 0 Å². The van der Waals surface area contributed by atoms with E-state index in [4.69, 9.17) is 17.3 Å². The summed E-state index contributed by atoms with van der Waals surface area (Å²) in [6.45, 7) is 0.903. The first kappa shape index (κ1) is 23.7. The number of carbonyl (C=O) groups excluding carboxylic acids is 1. The molecule has 0 saturated carbocycles. The predicted molar refractivity (Wildman–Crippen MR) is 132 cm³/mol. The van der Waals surface area contributed by atoms with Crippen molar-refractivity contribution in [3.8, 4) is 0 Å². The number of nitrogens with two attached hydrogens (primary N) is 1. The Morgan fingerprint density at radius 2 is 1.94 bits per heavy atom. The fourth-order valence-electron chi connectivity index (χ4n) is 3.03. The largest absolute Gasteiger partial charge is 0.399 e. The molecule has 3 aromatic carbocycles. The lowest BCUT2D eigenvalue weighted by molar-refractivity contribution is 0.112. The van der Waals surface area contributed by atoms with E-state index < -0.39 is 5.82 Å². The average Bonchev–Trinajstić information content (AvgIpc) is 3.14.